The van der Waals surface area contributed by atoms with Crippen molar-refractivity contribution in [3.05, 3.63) is 47.2 Å². The van der Waals surface area contributed by atoms with Crippen LogP contribution in [-0.2, 0) is 6.54 Å². The Balaban J connectivity index is 0.00000320. The number of aromatic nitrogens is 2. The summed E-state index contributed by atoms with van der Waals surface area (Å²) < 4.78 is 1.85. The number of nitrogens with zero attached hydrogens (tertiary/aromatic N) is 4. The molecule has 1 aliphatic heterocycles. The number of aliphatic imine (C=N–C) groups is 1. The van der Waals surface area contributed by atoms with Crippen LogP contribution in [0.1, 0.15) is 39.2 Å². The highest BCUT2D eigenvalue weighted by Gasteiger charge is 2.20. The third-order valence-electron chi connectivity index (χ3n) is 5.04. The molecule has 0 amide bonds. The summed E-state index contributed by atoms with van der Waals surface area (Å²) in [5.74, 6) is 1.61. The highest BCUT2D eigenvalue weighted by Crippen LogP contribution is 2.14. The summed E-state index contributed by atoms with van der Waals surface area (Å²) in [6.07, 6.45) is 6.20. The lowest BCUT2D eigenvalue weighted by Gasteiger charge is -2.34. The maximum absolute atomic E-state index is 5.96. The van der Waals surface area contributed by atoms with Crippen LogP contribution in [0.5, 0.6) is 0 Å². The Bertz CT molecular complexity index is 781. The summed E-state index contributed by atoms with van der Waals surface area (Å²) in [6, 6.07) is 8.14. The summed E-state index contributed by atoms with van der Waals surface area (Å²) in [6.45, 7) is 11.6. The zero-order chi connectivity index (χ0) is 20.6. The highest BCUT2D eigenvalue weighted by molar-refractivity contribution is 14.0. The van der Waals surface area contributed by atoms with Crippen molar-refractivity contribution in [1.29, 1.82) is 0 Å². The largest absolute Gasteiger partial charge is 0.357 e. The van der Waals surface area contributed by atoms with Gasteiger partial charge in [0, 0.05) is 49.0 Å². The molecule has 2 aromatic rings. The van der Waals surface area contributed by atoms with Gasteiger partial charge in [-0.1, -0.05) is 25.4 Å². The van der Waals surface area contributed by atoms with Crippen LogP contribution in [0, 0.1) is 5.92 Å². The van der Waals surface area contributed by atoms with Gasteiger partial charge in [0.1, 0.15) is 0 Å². The normalized spacial score (nSPS) is 15.8. The Morgan fingerprint density at radius 1 is 1.23 bits per heavy atom. The van der Waals surface area contributed by atoms with Crippen molar-refractivity contribution in [2.45, 2.75) is 46.2 Å². The molecular weight excluding hydrogens is 511 g/mol. The minimum atomic E-state index is 0. The van der Waals surface area contributed by atoms with Gasteiger partial charge in [0.25, 0.3) is 0 Å². The number of guanidine groups is 1. The van der Waals surface area contributed by atoms with E-state index in [0.29, 0.717) is 12.6 Å². The Labute approximate surface area is 202 Å². The first-order valence-corrected chi connectivity index (χ1v) is 11.0. The van der Waals surface area contributed by atoms with Crippen LogP contribution in [0.2, 0.25) is 5.02 Å². The maximum Gasteiger partial charge on any atom is 0.191 e. The average molecular weight is 545 g/mol. The monoisotopic (exact) mass is 544 g/mol. The Morgan fingerprint density at radius 2 is 1.93 bits per heavy atom. The van der Waals surface area contributed by atoms with E-state index in [1.807, 2.05) is 41.3 Å². The van der Waals surface area contributed by atoms with Gasteiger partial charge < -0.3 is 15.5 Å². The lowest BCUT2D eigenvalue weighted by atomic mass is 10.0. The molecule has 166 valence electrons. The van der Waals surface area contributed by atoms with E-state index >= 15 is 0 Å². The second-order valence-corrected chi connectivity index (χ2v) is 8.51. The number of hydrogen-bond acceptors (Lipinski definition) is 3. The van der Waals surface area contributed by atoms with E-state index in [1.165, 1.54) is 6.54 Å². The fourth-order valence-electron chi connectivity index (χ4n) is 3.64. The quantitative estimate of drug-likeness (QED) is 0.310. The molecule has 2 heterocycles. The summed E-state index contributed by atoms with van der Waals surface area (Å²) >= 11 is 5.96. The first-order valence-electron chi connectivity index (χ1n) is 10.6. The molecule has 0 saturated carbocycles. The van der Waals surface area contributed by atoms with Crippen molar-refractivity contribution in [2.24, 2.45) is 10.9 Å². The van der Waals surface area contributed by atoms with Gasteiger partial charge in [0.05, 0.1) is 18.4 Å². The first-order chi connectivity index (χ1) is 14.0. The van der Waals surface area contributed by atoms with Crippen LogP contribution in [0.25, 0.3) is 5.69 Å². The average Bonchev–Trinajstić information content (AvgIpc) is 3.17. The molecule has 0 aliphatic carbocycles. The summed E-state index contributed by atoms with van der Waals surface area (Å²) in [5, 5.41) is 12.2. The van der Waals surface area contributed by atoms with Gasteiger partial charge in [-0.15, -0.1) is 24.0 Å². The van der Waals surface area contributed by atoms with Crippen molar-refractivity contribution in [2.75, 3.05) is 26.2 Å². The Kier molecular flexibility index (Phi) is 10.4. The highest BCUT2D eigenvalue weighted by atomic mass is 127. The van der Waals surface area contributed by atoms with E-state index in [-0.39, 0.29) is 24.0 Å². The minimum absolute atomic E-state index is 0. The third-order valence-corrected chi connectivity index (χ3v) is 5.29. The Hall–Kier alpha value is -1.32. The summed E-state index contributed by atoms with van der Waals surface area (Å²) in [4.78, 5) is 7.34. The molecule has 0 bridgehead atoms. The predicted octanol–water partition coefficient (Wildman–Crippen LogP) is 4.32. The standard InChI is InChI=1S/C22H33ClN6.HI/c1-4-24-22(27-20-9-11-28(12-10-20)15-17(2)3)25-13-18-14-26-29(16-18)21-7-5-19(23)6-8-21;/h5-8,14,16-17,20H,4,9-13,15H2,1-3H3,(H2,24,25,27);1H. The number of rotatable bonds is 7. The number of benzene rings is 1. The van der Waals surface area contributed by atoms with Gasteiger partial charge in [-0.25, -0.2) is 9.67 Å². The molecule has 2 N–H and O–H groups in total. The number of nitrogens with one attached hydrogen (secondary N) is 2. The van der Waals surface area contributed by atoms with E-state index in [2.05, 4.69) is 41.4 Å². The van der Waals surface area contributed by atoms with Crippen molar-refractivity contribution < 1.29 is 0 Å². The minimum Gasteiger partial charge on any atom is -0.357 e. The number of halogens is 2. The van der Waals surface area contributed by atoms with Gasteiger partial charge in [-0.3, -0.25) is 0 Å². The van der Waals surface area contributed by atoms with E-state index in [9.17, 15) is 0 Å². The topological polar surface area (TPSA) is 57.5 Å². The summed E-state index contributed by atoms with van der Waals surface area (Å²) in [7, 11) is 0. The molecule has 1 aliphatic rings. The van der Waals surface area contributed by atoms with Gasteiger partial charge in [-0.05, 0) is 49.9 Å². The van der Waals surface area contributed by atoms with Gasteiger partial charge in [0.2, 0.25) is 0 Å². The van der Waals surface area contributed by atoms with E-state index < -0.39 is 0 Å². The van der Waals surface area contributed by atoms with E-state index in [4.69, 9.17) is 16.6 Å². The van der Waals surface area contributed by atoms with Crippen LogP contribution >= 0.6 is 35.6 Å². The van der Waals surface area contributed by atoms with E-state index in [1.54, 1.807) is 0 Å². The van der Waals surface area contributed by atoms with Crippen LogP contribution in [-0.4, -0.2) is 52.9 Å². The second-order valence-electron chi connectivity index (χ2n) is 8.08. The number of likely N-dealkylation sites (tertiary alicyclic amines) is 1. The molecular formula is C22H34ClIN6. The molecule has 3 rings (SSSR count). The molecule has 0 atom stereocenters. The van der Waals surface area contributed by atoms with Crippen LogP contribution in [0.15, 0.2) is 41.7 Å². The Morgan fingerprint density at radius 3 is 2.57 bits per heavy atom. The SMILES string of the molecule is CCNC(=NCc1cnn(-c2ccc(Cl)cc2)c1)NC1CCN(CC(C)C)CC1.I. The molecule has 30 heavy (non-hydrogen) atoms. The zero-order valence-electron chi connectivity index (χ0n) is 18.1. The van der Waals surface area contributed by atoms with Gasteiger partial charge in [-0.2, -0.15) is 5.10 Å². The number of hydrogen-bond donors (Lipinski definition) is 2. The van der Waals surface area contributed by atoms with E-state index in [0.717, 1.165) is 60.6 Å². The second kappa shape index (κ2) is 12.5. The van der Waals surface area contributed by atoms with Crippen molar-refractivity contribution >= 4 is 41.5 Å². The summed E-state index contributed by atoms with van der Waals surface area (Å²) in [5.41, 5.74) is 2.06. The van der Waals surface area contributed by atoms with Crippen molar-refractivity contribution in [3.63, 3.8) is 0 Å². The van der Waals surface area contributed by atoms with Crippen LogP contribution in [0.4, 0.5) is 0 Å². The van der Waals surface area contributed by atoms with Gasteiger partial charge in [0.15, 0.2) is 5.96 Å². The smallest absolute Gasteiger partial charge is 0.191 e. The lowest BCUT2D eigenvalue weighted by molar-refractivity contribution is 0.187. The van der Waals surface area contributed by atoms with Gasteiger partial charge >= 0.3 is 0 Å². The lowest BCUT2D eigenvalue weighted by Crippen LogP contribution is -2.49. The molecule has 1 aromatic heterocycles. The third kappa shape index (κ3) is 7.74. The van der Waals surface area contributed by atoms with Crippen molar-refractivity contribution in [1.82, 2.24) is 25.3 Å². The fraction of sp³-hybridized carbons (Fsp3) is 0.545. The number of piperidine rings is 1. The molecule has 1 aromatic carbocycles. The molecule has 1 saturated heterocycles. The van der Waals surface area contributed by atoms with Crippen LogP contribution in [0.3, 0.4) is 0 Å². The van der Waals surface area contributed by atoms with Crippen molar-refractivity contribution in [3.8, 4) is 5.69 Å². The maximum atomic E-state index is 5.96. The molecule has 0 unspecified atom stereocenters. The molecule has 6 nitrogen and oxygen atoms in total. The molecule has 8 heteroatoms. The fourth-order valence-corrected chi connectivity index (χ4v) is 3.76. The molecule has 0 spiro atoms. The molecule has 0 radical (unpaired) electrons. The van der Waals surface area contributed by atoms with Crippen LogP contribution < -0.4 is 10.6 Å². The molecule has 1 fully saturated rings. The zero-order valence-corrected chi connectivity index (χ0v) is 21.2. The first kappa shape index (κ1) is 24.9. The predicted molar refractivity (Wildman–Crippen MR) is 136 cm³/mol.